The fourth-order valence-corrected chi connectivity index (χ4v) is 1.90. The van der Waals surface area contributed by atoms with Gasteiger partial charge < -0.3 is 9.47 Å². The highest BCUT2D eigenvalue weighted by Gasteiger charge is 2.34. The van der Waals surface area contributed by atoms with E-state index in [0.717, 1.165) is 25.0 Å². The molecule has 0 aliphatic carbocycles. The van der Waals surface area contributed by atoms with Gasteiger partial charge in [-0.15, -0.1) is 0 Å². The standard InChI is InChI=1S/C13H20O3/c1-4-8-13(5-2)9-7-11(16-13)10-12(14)15-6-3/h4,8,10H,5-7,9H2,1-3H3/b8-4+,11-10+. The first-order valence-electron chi connectivity index (χ1n) is 5.86. The Morgan fingerprint density at radius 2 is 2.31 bits per heavy atom. The minimum Gasteiger partial charge on any atom is -0.487 e. The summed E-state index contributed by atoms with van der Waals surface area (Å²) in [6, 6.07) is 0. The van der Waals surface area contributed by atoms with Crippen LogP contribution in [-0.4, -0.2) is 18.2 Å². The number of carbonyl (C=O) groups is 1. The Kier molecular flexibility index (Phi) is 4.59. The zero-order valence-electron chi connectivity index (χ0n) is 10.3. The fourth-order valence-electron chi connectivity index (χ4n) is 1.90. The second-order valence-corrected chi connectivity index (χ2v) is 3.88. The van der Waals surface area contributed by atoms with Crippen LogP contribution in [0.5, 0.6) is 0 Å². The molecular formula is C13H20O3. The number of hydrogen-bond acceptors (Lipinski definition) is 3. The van der Waals surface area contributed by atoms with Crippen molar-refractivity contribution in [1.82, 2.24) is 0 Å². The van der Waals surface area contributed by atoms with Crippen LogP contribution >= 0.6 is 0 Å². The van der Waals surface area contributed by atoms with E-state index >= 15 is 0 Å². The van der Waals surface area contributed by atoms with Crippen molar-refractivity contribution in [2.45, 2.75) is 45.6 Å². The molecule has 1 aliphatic heterocycles. The summed E-state index contributed by atoms with van der Waals surface area (Å²) < 4.78 is 10.7. The number of ether oxygens (including phenoxy) is 2. The zero-order valence-corrected chi connectivity index (χ0v) is 10.3. The minimum absolute atomic E-state index is 0.215. The van der Waals surface area contributed by atoms with Crippen LogP contribution in [0.2, 0.25) is 0 Å². The monoisotopic (exact) mass is 224 g/mol. The lowest BCUT2D eigenvalue weighted by Crippen LogP contribution is -2.22. The first-order valence-corrected chi connectivity index (χ1v) is 5.86. The molecule has 0 saturated carbocycles. The largest absolute Gasteiger partial charge is 0.487 e. The molecule has 0 radical (unpaired) electrons. The SMILES string of the molecule is C/C=C/C1(CC)CC/C(=C\C(=O)OCC)O1. The fraction of sp³-hybridized carbons (Fsp3) is 0.615. The second-order valence-electron chi connectivity index (χ2n) is 3.88. The third-order valence-corrected chi connectivity index (χ3v) is 2.76. The number of hydrogen-bond donors (Lipinski definition) is 0. The van der Waals surface area contributed by atoms with E-state index in [4.69, 9.17) is 9.47 Å². The molecular weight excluding hydrogens is 204 g/mol. The molecule has 0 N–H and O–H groups in total. The van der Waals surface area contributed by atoms with Gasteiger partial charge in [-0.2, -0.15) is 0 Å². The number of carbonyl (C=O) groups excluding carboxylic acids is 1. The van der Waals surface area contributed by atoms with E-state index in [2.05, 4.69) is 13.0 Å². The molecule has 1 fully saturated rings. The molecule has 0 aromatic carbocycles. The Hall–Kier alpha value is -1.25. The molecule has 1 heterocycles. The van der Waals surface area contributed by atoms with Crippen molar-refractivity contribution in [3.63, 3.8) is 0 Å². The van der Waals surface area contributed by atoms with Crippen LogP contribution in [0.1, 0.15) is 40.0 Å². The Morgan fingerprint density at radius 3 is 2.88 bits per heavy atom. The maximum absolute atomic E-state index is 11.3. The summed E-state index contributed by atoms with van der Waals surface area (Å²) in [4.78, 5) is 11.3. The van der Waals surface area contributed by atoms with Gasteiger partial charge in [-0.3, -0.25) is 0 Å². The highest BCUT2D eigenvalue weighted by atomic mass is 16.5. The van der Waals surface area contributed by atoms with Crippen LogP contribution in [-0.2, 0) is 14.3 Å². The smallest absolute Gasteiger partial charge is 0.334 e. The van der Waals surface area contributed by atoms with Gasteiger partial charge in [0.2, 0.25) is 0 Å². The lowest BCUT2D eigenvalue weighted by Gasteiger charge is -2.23. The summed E-state index contributed by atoms with van der Waals surface area (Å²) in [6.07, 6.45) is 8.17. The minimum atomic E-state index is -0.315. The van der Waals surface area contributed by atoms with Gasteiger partial charge in [0.15, 0.2) is 0 Å². The van der Waals surface area contributed by atoms with E-state index in [1.165, 1.54) is 6.08 Å². The van der Waals surface area contributed by atoms with E-state index in [0.29, 0.717) is 6.61 Å². The van der Waals surface area contributed by atoms with Crippen molar-refractivity contribution in [1.29, 1.82) is 0 Å². The number of esters is 1. The lowest BCUT2D eigenvalue weighted by molar-refractivity contribution is -0.137. The number of rotatable bonds is 4. The first kappa shape index (κ1) is 12.8. The maximum atomic E-state index is 11.3. The molecule has 0 spiro atoms. The van der Waals surface area contributed by atoms with E-state index in [1.807, 2.05) is 13.0 Å². The van der Waals surface area contributed by atoms with Crippen LogP contribution < -0.4 is 0 Å². The maximum Gasteiger partial charge on any atom is 0.334 e. The van der Waals surface area contributed by atoms with Crippen molar-refractivity contribution in [3.05, 3.63) is 24.0 Å². The molecule has 0 bridgehead atoms. The molecule has 1 aliphatic rings. The van der Waals surface area contributed by atoms with Crippen molar-refractivity contribution in [2.75, 3.05) is 6.61 Å². The molecule has 1 atom stereocenters. The van der Waals surface area contributed by atoms with Crippen LogP contribution in [0.4, 0.5) is 0 Å². The van der Waals surface area contributed by atoms with Crippen LogP contribution in [0.3, 0.4) is 0 Å². The third kappa shape index (κ3) is 3.12. The van der Waals surface area contributed by atoms with Gasteiger partial charge in [-0.25, -0.2) is 4.79 Å². The summed E-state index contributed by atoms with van der Waals surface area (Å²) in [5.41, 5.74) is -0.215. The molecule has 0 aromatic heterocycles. The van der Waals surface area contributed by atoms with Crippen molar-refractivity contribution < 1.29 is 14.3 Å². The molecule has 90 valence electrons. The molecule has 3 nitrogen and oxygen atoms in total. The Labute approximate surface area is 97.1 Å². The van der Waals surface area contributed by atoms with Gasteiger partial charge in [-0.05, 0) is 32.8 Å². The van der Waals surface area contributed by atoms with E-state index in [-0.39, 0.29) is 11.6 Å². The van der Waals surface area contributed by atoms with Crippen molar-refractivity contribution in [3.8, 4) is 0 Å². The van der Waals surface area contributed by atoms with Gasteiger partial charge in [-0.1, -0.05) is 13.0 Å². The number of allylic oxidation sites excluding steroid dienone is 2. The topological polar surface area (TPSA) is 35.5 Å². The molecule has 0 amide bonds. The first-order chi connectivity index (χ1) is 7.65. The predicted octanol–water partition coefficient (Wildman–Crippen LogP) is 2.97. The third-order valence-electron chi connectivity index (χ3n) is 2.76. The van der Waals surface area contributed by atoms with Crippen LogP contribution in [0.15, 0.2) is 24.0 Å². The lowest BCUT2D eigenvalue weighted by atomic mass is 9.96. The Bertz CT molecular complexity index is 304. The van der Waals surface area contributed by atoms with Crippen molar-refractivity contribution >= 4 is 5.97 Å². The second kappa shape index (κ2) is 5.73. The van der Waals surface area contributed by atoms with Gasteiger partial charge >= 0.3 is 5.97 Å². The Balaban J connectivity index is 2.66. The van der Waals surface area contributed by atoms with E-state index in [9.17, 15) is 4.79 Å². The summed E-state index contributed by atoms with van der Waals surface area (Å²) in [7, 11) is 0. The molecule has 3 heteroatoms. The average molecular weight is 224 g/mol. The van der Waals surface area contributed by atoms with Crippen LogP contribution in [0, 0.1) is 0 Å². The predicted molar refractivity (Wildman–Crippen MR) is 62.9 cm³/mol. The molecule has 1 unspecified atom stereocenters. The molecule has 1 rings (SSSR count). The summed E-state index contributed by atoms with van der Waals surface area (Å²) in [5.74, 6) is 0.420. The van der Waals surface area contributed by atoms with Crippen LogP contribution in [0.25, 0.3) is 0 Å². The normalized spacial score (nSPS) is 27.3. The zero-order chi connectivity index (χ0) is 12.0. The van der Waals surface area contributed by atoms with Gasteiger partial charge in [0.25, 0.3) is 0 Å². The van der Waals surface area contributed by atoms with Gasteiger partial charge in [0.05, 0.1) is 12.7 Å². The average Bonchev–Trinajstić information content (AvgIpc) is 2.63. The van der Waals surface area contributed by atoms with Crippen molar-refractivity contribution in [2.24, 2.45) is 0 Å². The summed E-state index contributed by atoms with van der Waals surface area (Å²) in [5, 5.41) is 0. The Morgan fingerprint density at radius 1 is 1.56 bits per heavy atom. The summed E-state index contributed by atoms with van der Waals surface area (Å²) in [6.45, 7) is 6.26. The quantitative estimate of drug-likeness (QED) is 0.418. The van der Waals surface area contributed by atoms with Gasteiger partial charge in [0.1, 0.15) is 11.4 Å². The molecule has 0 aromatic rings. The van der Waals surface area contributed by atoms with E-state index < -0.39 is 0 Å². The highest BCUT2D eigenvalue weighted by Crippen LogP contribution is 2.36. The molecule has 16 heavy (non-hydrogen) atoms. The highest BCUT2D eigenvalue weighted by molar-refractivity contribution is 5.82. The van der Waals surface area contributed by atoms with Gasteiger partial charge in [0, 0.05) is 6.42 Å². The summed E-state index contributed by atoms with van der Waals surface area (Å²) >= 11 is 0. The van der Waals surface area contributed by atoms with E-state index in [1.54, 1.807) is 6.92 Å². The molecule has 1 saturated heterocycles.